The van der Waals surface area contributed by atoms with Gasteiger partial charge in [0.15, 0.2) is 5.78 Å². The highest BCUT2D eigenvalue weighted by Gasteiger charge is 2.09. The molecule has 0 amide bonds. The highest BCUT2D eigenvalue weighted by atomic mass is 16.1. The van der Waals surface area contributed by atoms with Crippen LogP contribution in [0, 0.1) is 0 Å². The number of benzene rings is 3. The third-order valence-electron chi connectivity index (χ3n) is 3.75. The van der Waals surface area contributed by atoms with Crippen molar-refractivity contribution in [2.24, 2.45) is 0 Å². The van der Waals surface area contributed by atoms with Crippen LogP contribution in [0.2, 0.25) is 0 Å². The zero-order valence-corrected chi connectivity index (χ0v) is 12.7. The van der Waals surface area contributed by atoms with Gasteiger partial charge >= 0.3 is 0 Å². The number of carbonyl (C=O) groups is 1. The van der Waals surface area contributed by atoms with Crippen molar-refractivity contribution in [2.75, 3.05) is 11.5 Å². The molecule has 0 saturated carbocycles. The molecule has 114 valence electrons. The van der Waals surface area contributed by atoms with E-state index < -0.39 is 0 Å². The summed E-state index contributed by atoms with van der Waals surface area (Å²) in [7, 11) is 0. The van der Waals surface area contributed by atoms with Crippen LogP contribution >= 0.6 is 0 Å². The lowest BCUT2D eigenvalue weighted by Gasteiger charge is -2.05. The lowest BCUT2D eigenvalue weighted by molar-refractivity contribution is 0.103. The summed E-state index contributed by atoms with van der Waals surface area (Å²) in [6.45, 7) is 0. The molecule has 0 spiro atoms. The molecule has 23 heavy (non-hydrogen) atoms. The molecule has 0 bridgehead atoms. The maximum absolute atomic E-state index is 12.4. The average molecular weight is 302 g/mol. The van der Waals surface area contributed by atoms with Gasteiger partial charge in [-0.1, -0.05) is 48.5 Å². The van der Waals surface area contributed by atoms with Gasteiger partial charge in [-0.05, 0) is 41.8 Å². The van der Waals surface area contributed by atoms with Gasteiger partial charge in [0, 0.05) is 22.5 Å². The van der Waals surface area contributed by atoms with E-state index in [1.807, 2.05) is 48.5 Å². The molecule has 3 rings (SSSR count). The second-order valence-electron chi connectivity index (χ2n) is 5.57. The fourth-order valence-electron chi connectivity index (χ4n) is 2.49. The number of hydrogen-bond acceptors (Lipinski definition) is 3. The minimum atomic E-state index is -0.0173. The maximum Gasteiger partial charge on any atom is 0.193 e. The van der Waals surface area contributed by atoms with E-state index in [1.54, 1.807) is 24.3 Å². The largest absolute Gasteiger partial charge is 0.399 e. The van der Waals surface area contributed by atoms with Crippen LogP contribution in [0.5, 0.6) is 0 Å². The van der Waals surface area contributed by atoms with Crippen LogP contribution in [0.3, 0.4) is 0 Å². The lowest BCUT2D eigenvalue weighted by Crippen LogP contribution is -2.02. The quantitative estimate of drug-likeness (QED) is 0.570. The van der Waals surface area contributed by atoms with E-state index in [0.717, 1.165) is 17.7 Å². The van der Waals surface area contributed by atoms with Gasteiger partial charge in [-0.2, -0.15) is 0 Å². The van der Waals surface area contributed by atoms with E-state index in [0.29, 0.717) is 16.8 Å². The van der Waals surface area contributed by atoms with E-state index in [1.165, 1.54) is 5.56 Å². The zero-order chi connectivity index (χ0) is 16.2. The van der Waals surface area contributed by atoms with Crippen LogP contribution in [0.25, 0.3) is 0 Å². The Kier molecular flexibility index (Phi) is 4.11. The highest BCUT2D eigenvalue weighted by Crippen LogP contribution is 2.16. The fraction of sp³-hybridized carbons (Fsp3) is 0.0500. The van der Waals surface area contributed by atoms with Crippen LogP contribution in [0.15, 0.2) is 72.8 Å². The van der Waals surface area contributed by atoms with Crippen molar-refractivity contribution in [3.63, 3.8) is 0 Å². The first kappa shape index (κ1) is 14.9. The first-order valence-corrected chi connectivity index (χ1v) is 7.45. The first-order valence-electron chi connectivity index (χ1n) is 7.45. The predicted octanol–water partition coefficient (Wildman–Crippen LogP) is 3.67. The van der Waals surface area contributed by atoms with Crippen molar-refractivity contribution in [3.8, 4) is 0 Å². The Morgan fingerprint density at radius 2 is 1.30 bits per heavy atom. The van der Waals surface area contributed by atoms with Gasteiger partial charge in [0.1, 0.15) is 0 Å². The summed E-state index contributed by atoms with van der Waals surface area (Å²) in [4.78, 5) is 12.4. The van der Waals surface area contributed by atoms with Gasteiger partial charge < -0.3 is 11.5 Å². The Balaban J connectivity index is 1.76. The van der Waals surface area contributed by atoms with Crippen molar-refractivity contribution in [1.29, 1.82) is 0 Å². The Labute approximate surface area is 135 Å². The fourth-order valence-corrected chi connectivity index (χ4v) is 2.49. The third-order valence-corrected chi connectivity index (χ3v) is 3.75. The molecule has 0 radical (unpaired) electrons. The summed E-state index contributed by atoms with van der Waals surface area (Å²) in [6.07, 6.45) is 0.813. The molecular formula is C20H18N2O. The number of hydrogen-bond donors (Lipinski definition) is 2. The molecule has 4 N–H and O–H groups in total. The predicted molar refractivity (Wildman–Crippen MR) is 94.4 cm³/mol. The van der Waals surface area contributed by atoms with Gasteiger partial charge in [0.05, 0.1) is 0 Å². The molecule has 0 unspecified atom stereocenters. The number of rotatable bonds is 4. The van der Waals surface area contributed by atoms with Crippen LogP contribution in [0.1, 0.15) is 27.0 Å². The molecule has 0 aliphatic heterocycles. The van der Waals surface area contributed by atoms with E-state index in [-0.39, 0.29) is 5.78 Å². The van der Waals surface area contributed by atoms with Crippen LogP contribution in [0.4, 0.5) is 11.4 Å². The molecule has 0 fully saturated rings. The number of carbonyl (C=O) groups excluding carboxylic acids is 1. The van der Waals surface area contributed by atoms with E-state index in [4.69, 9.17) is 11.5 Å². The molecule has 0 atom stereocenters. The summed E-state index contributed by atoms with van der Waals surface area (Å²) in [5.41, 5.74) is 16.4. The second kappa shape index (κ2) is 6.36. The number of nitrogens with two attached hydrogens (primary N) is 2. The maximum atomic E-state index is 12.4. The van der Waals surface area contributed by atoms with Crippen LogP contribution in [-0.2, 0) is 6.42 Å². The molecule has 3 aromatic rings. The van der Waals surface area contributed by atoms with E-state index >= 15 is 0 Å². The first-order chi connectivity index (χ1) is 11.1. The van der Waals surface area contributed by atoms with Crippen molar-refractivity contribution >= 4 is 17.2 Å². The Morgan fingerprint density at radius 3 is 1.91 bits per heavy atom. The zero-order valence-electron chi connectivity index (χ0n) is 12.7. The molecule has 0 saturated heterocycles. The Morgan fingerprint density at radius 1 is 0.696 bits per heavy atom. The highest BCUT2D eigenvalue weighted by molar-refractivity contribution is 6.09. The van der Waals surface area contributed by atoms with Crippen molar-refractivity contribution < 1.29 is 4.79 Å². The molecule has 0 aliphatic rings. The molecule has 0 aromatic heterocycles. The topological polar surface area (TPSA) is 69.1 Å². The molecule has 0 aliphatic carbocycles. The SMILES string of the molecule is Nc1ccc(Cc2ccc(C(=O)c3cccc(N)c3)cc2)cc1. The smallest absolute Gasteiger partial charge is 0.193 e. The van der Waals surface area contributed by atoms with Gasteiger partial charge in [-0.25, -0.2) is 0 Å². The van der Waals surface area contributed by atoms with Gasteiger partial charge in [-0.15, -0.1) is 0 Å². The third kappa shape index (κ3) is 3.58. The summed E-state index contributed by atoms with van der Waals surface area (Å²) >= 11 is 0. The summed E-state index contributed by atoms with van der Waals surface area (Å²) < 4.78 is 0. The molecule has 0 heterocycles. The normalized spacial score (nSPS) is 10.4. The minimum Gasteiger partial charge on any atom is -0.399 e. The van der Waals surface area contributed by atoms with Crippen molar-refractivity contribution in [2.45, 2.75) is 6.42 Å². The lowest BCUT2D eigenvalue weighted by atomic mass is 9.99. The standard InChI is InChI=1S/C20H18N2O/c21-18-10-6-15(7-11-18)12-14-4-8-16(9-5-14)20(23)17-2-1-3-19(22)13-17/h1-11,13H,12,21-22H2. The van der Waals surface area contributed by atoms with Gasteiger partial charge in [0.2, 0.25) is 0 Å². The van der Waals surface area contributed by atoms with Gasteiger partial charge in [-0.3, -0.25) is 4.79 Å². The number of nitrogen functional groups attached to an aromatic ring is 2. The molecule has 3 aromatic carbocycles. The Bertz CT molecular complexity index is 821. The Hall–Kier alpha value is -3.07. The van der Waals surface area contributed by atoms with Crippen LogP contribution < -0.4 is 11.5 Å². The summed E-state index contributed by atoms with van der Waals surface area (Å²) in [5, 5.41) is 0. The van der Waals surface area contributed by atoms with Crippen molar-refractivity contribution in [3.05, 3.63) is 95.1 Å². The van der Waals surface area contributed by atoms with E-state index in [2.05, 4.69) is 0 Å². The summed E-state index contributed by atoms with van der Waals surface area (Å²) in [6, 6.07) is 22.5. The van der Waals surface area contributed by atoms with Gasteiger partial charge in [0.25, 0.3) is 0 Å². The monoisotopic (exact) mass is 302 g/mol. The van der Waals surface area contributed by atoms with Crippen LogP contribution in [-0.4, -0.2) is 5.78 Å². The minimum absolute atomic E-state index is 0.0173. The molecular weight excluding hydrogens is 284 g/mol. The summed E-state index contributed by atoms with van der Waals surface area (Å²) in [5.74, 6) is -0.0173. The van der Waals surface area contributed by atoms with E-state index in [9.17, 15) is 4.79 Å². The second-order valence-corrected chi connectivity index (χ2v) is 5.57. The molecule has 3 nitrogen and oxygen atoms in total. The average Bonchev–Trinajstić information content (AvgIpc) is 2.57. The number of anilines is 2. The van der Waals surface area contributed by atoms with Crippen molar-refractivity contribution in [1.82, 2.24) is 0 Å². The number of ketones is 1. The molecule has 3 heteroatoms.